The van der Waals surface area contributed by atoms with Gasteiger partial charge in [-0.15, -0.1) is 24.0 Å². The molecule has 0 amide bonds. The van der Waals surface area contributed by atoms with Crippen LogP contribution in [0.1, 0.15) is 44.6 Å². The van der Waals surface area contributed by atoms with Gasteiger partial charge in [-0.3, -0.25) is 4.99 Å². The summed E-state index contributed by atoms with van der Waals surface area (Å²) < 4.78 is 2.07. The van der Waals surface area contributed by atoms with Gasteiger partial charge in [0, 0.05) is 39.6 Å². The topological polar surface area (TPSA) is 41.4 Å². The van der Waals surface area contributed by atoms with Crippen LogP contribution in [0.5, 0.6) is 0 Å². The Labute approximate surface area is 145 Å². The molecule has 2 N–H and O–H groups in total. The van der Waals surface area contributed by atoms with Crippen molar-refractivity contribution in [1.82, 2.24) is 15.2 Å². The molecule has 2 rings (SSSR count). The van der Waals surface area contributed by atoms with E-state index in [1.54, 1.807) is 0 Å². The van der Waals surface area contributed by atoms with E-state index in [4.69, 9.17) is 0 Å². The molecule has 1 heterocycles. The van der Waals surface area contributed by atoms with Crippen molar-refractivity contribution in [3.8, 4) is 0 Å². The van der Waals surface area contributed by atoms with Gasteiger partial charge in [0.15, 0.2) is 5.96 Å². The maximum Gasteiger partial charge on any atom is 0.191 e. The number of hydrogen-bond donors (Lipinski definition) is 2. The predicted octanol–water partition coefficient (Wildman–Crippen LogP) is 3.28. The van der Waals surface area contributed by atoms with Crippen molar-refractivity contribution >= 4 is 29.9 Å². The molecule has 1 aliphatic rings. The zero-order valence-corrected chi connectivity index (χ0v) is 15.8. The smallest absolute Gasteiger partial charge is 0.191 e. The number of halogens is 1. The molecule has 1 aliphatic carbocycles. The molecule has 0 atom stereocenters. The Morgan fingerprint density at radius 1 is 1.33 bits per heavy atom. The van der Waals surface area contributed by atoms with Crippen LogP contribution in [0.25, 0.3) is 0 Å². The minimum absolute atomic E-state index is 0. The molecule has 4 nitrogen and oxygen atoms in total. The molecular weight excluding hydrogens is 375 g/mol. The van der Waals surface area contributed by atoms with Gasteiger partial charge in [-0.1, -0.05) is 19.8 Å². The van der Waals surface area contributed by atoms with Crippen molar-refractivity contribution in [3.05, 3.63) is 24.0 Å². The standard InChI is InChI=1S/C16H28N4.HI/c1-4-16(8-5-6-9-16)13-19-15(17-2)18-11-14-7-10-20(3)12-14;/h7,10,12H,4-6,8-9,11,13H2,1-3H3,(H2,17,18,19);1H. The molecule has 21 heavy (non-hydrogen) atoms. The predicted molar refractivity (Wildman–Crippen MR) is 100 cm³/mol. The molecule has 0 radical (unpaired) electrons. The first-order valence-electron chi connectivity index (χ1n) is 7.73. The fourth-order valence-corrected chi connectivity index (χ4v) is 3.12. The lowest BCUT2D eigenvalue weighted by Crippen LogP contribution is -2.42. The zero-order valence-electron chi connectivity index (χ0n) is 13.5. The monoisotopic (exact) mass is 404 g/mol. The summed E-state index contributed by atoms with van der Waals surface area (Å²) in [6, 6.07) is 2.13. The molecule has 0 spiro atoms. The highest BCUT2D eigenvalue weighted by Gasteiger charge is 2.31. The summed E-state index contributed by atoms with van der Waals surface area (Å²) >= 11 is 0. The fourth-order valence-electron chi connectivity index (χ4n) is 3.12. The second kappa shape index (κ2) is 8.66. The van der Waals surface area contributed by atoms with Gasteiger partial charge in [0.1, 0.15) is 0 Å². The molecule has 0 bridgehead atoms. The van der Waals surface area contributed by atoms with Gasteiger partial charge in [0.2, 0.25) is 0 Å². The number of rotatable bonds is 5. The number of aromatic nitrogens is 1. The van der Waals surface area contributed by atoms with Crippen LogP contribution in [0.4, 0.5) is 0 Å². The Bertz CT molecular complexity index is 447. The SMILES string of the molecule is CCC1(CNC(=NC)NCc2ccn(C)c2)CCCC1.I. The van der Waals surface area contributed by atoms with Gasteiger partial charge in [-0.05, 0) is 36.3 Å². The van der Waals surface area contributed by atoms with Crippen molar-refractivity contribution in [1.29, 1.82) is 0 Å². The van der Waals surface area contributed by atoms with E-state index in [2.05, 4.69) is 45.6 Å². The highest BCUT2D eigenvalue weighted by atomic mass is 127. The third kappa shape index (κ3) is 5.20. The van der Waals surface area contributed by atoms with E-state index in [1.165, 1.54) is 37.7 Å². The van der Waals surface area contributed by atoms with Crippen molar-refractivity contribution < 1.29 is 0 Å². The summed E-state index contributed by atoms with van der Waals surface area (Å²) in [4.78, 5) is 4.32. The normalized spacial score (nSPS) is 17.4. The van der Waals surface area contributed by atoms with Gasteiger partial charge in [0.05, 0.1) is 0 Å². The van der Waals surface area contributed by atoms with Crippen LogP contribution >= 0.6 is 24.0 Å². The summed E-state index contributed by atoms with van der Waals surface area (Å²) in [5.74, 6) is 0.911. The molecule has 1 fully saturated rings. The Kier molecular flexibility index (Phi) is 7.56. The quantitative estimate of drug-likeness (QED) is 0.449. The minimum Gasteiger partial charge on any atom is -0.357 e. The highest BCUT2D eigenvalue weighted by molar-refractivity contribution is 14.0. The van der Waals surface area contributed by atoms with E-state index in [-0.39, 0.29) is 24.0 Å². The molecule has 1 aromatic rings. The fraction of sp³-hybridized carbons (Fsp3) is 0.688. The third-order valence-corrected chi connectivity index (χ3v) is 4.62. The van der Waals surface area contributed by atoms with Crippen molar-refractivity contribution in [2.45, 2.75) is 45.6 Å². The maximum atomic E-state index is 4.32. The number of nitrogens with zero attached hydrogens (tertiary/aromatic N) is 2. The van der Waals surface area contributed by atoms with E-state index in [1.807, 2.05) is 14.1 Å². The lowest BCUT2D eigenvalue weighted by atomic mass is 9.83. The molecule has 0 saturated heterocycles. The Morgan fingerprint density at radius 3 is 2.57 bits per heavy atom. The third-order valence-electron chi connectivity index (χ3n) is 4.62. The lowest BCUT2D eigenvalue weighted by Gasteiger charge is -2.28. The molecule has 1 saturated carbocycles. The number of guanidine groups is 1. The van der Waals surface area contributed by atoms with E-state index in [9.17, 15) is 0 Å². The minimum atomic E-state index is 0. The second-order valence-electron chi connectivity index (χ2n) is 6.03. The summed E-state index contributed by atoms with van der Waals surface area (Å²) in [6.45, 7) is 4.17. The summed E-state index contributed by atoms with van der Waals surface area (Å²) in [5, 5.41) is 6.90. The summed E-state index contributed by atoms with van der Waals surface area (Å²) in [5.41, 5.74) is 1.77. The van der Waals surface area contributed by atoms with Gasteiger partial charge < -0.3 is 15.2 Å². The molecule has 0 aliphatic heterocycles. The first-order valence-corrected chi connectivity index (χ1v) is 7.73. The summed E-state index contributed by atoms with van der Waals surface area (Å²) in [6.07, 6.45) is 10.9. The van der Waals surface area contributed by atoms with Crippen LogP contribution in [0, 0.1) is 5.41 Å². The highest BCUT2D eigenvalue weighted by Crippen LogP contribution is 2.40. The number of aryl methyl sites for hydroxylation is 1. The average Bonchev–Trinajstić information content (AvgIpc) is 3.09. The van der Waals surface area contributed by atoms with E-state index < -0.39 is 0 Å². The van der Waals surface area contributed by atoms with Crippen LogP contribution in [0.15, 0.2) is 23.5 Å². The van der Waals surface area contributed by atoms with Gasteiger partial charge in [-0.25, -0.2) is 0 Å². The number of hydrogen-bond acceptors (Lipinski definition) is 1. The molecule has 0 unspecified atom stereocenters. The van der Waals surface area contributed by atoms with Crippen LogP contribution in [-0.4, -0.2) is 24.1 Å². The average molecular weight is 404 g/mol. The van der Waals surface area contributed by atoms with Crippen LogP contribution in [-0.2, 0) is 13.6 Å². The van der Waals surface area contributed by atoms with Crippen molar-refractivity contribution in [2.75, 3.05) is 13.6 Å². The molecule has 0 aromatic carbocycles. The molecular formula is C16H29IN4. The van der Waals surface area contributed by atoms with Crippen LogP contribution < -0.4 is 10.6 Å². The molecule has 120 valence electrons. The lowest BCUT2D eigenvalue weighted by molar-refractivity contribution is 0.283. The number of aliphatic imine (C=N–C) groups is 1. The molecule has 1 aromatic heterocycles. The first-order chi connectivity index (χ1) is 9.67. The largest absolute Gasteiger partial charge is 0.357 e. The van der Waals surface area contributed by atoms with E-state index in [0.717, 1.165) is 19.0 Å². The Morgan fingerprint density at radius 2 is 2.05 bits per heavy atom. The van der Waals surface area contributed by atoms with Crippen molar-refractivity contribution in [2.24, 2.45) is 17.5 Å². The Hall–Kier alpha value is -0.720. The van der Waals surface area contributed by atoms with E-state index in [0.29, 0.717) is 5.41 Å². The van der Waals surface area contributed by atoms with Gasteiger partial charge >= 0.3 is 0 Å². The van der Waals surface area contributed by atoms with Crippen molar-refractivity contribution in [3.63, 3.8) is 0 Å². The Balaban J connectivity index is 0.00000220. The molecule has 5 heteroatoms. The van der Waals surface area contributed by atoms with E-state index >= 15 is 0 Å². The number of nitrogens with one attached hydrogen (secondary N) is 2. The van der Waals surface area contributed by atoms with Gasteiger partial charge in [-0.2, -0.15) is 0 Å². The first kappa shape index (κ1) is 18.3. The summed E-state index contributed by atoms with van der Waals surface area (Å²) in [7, 11) is 3.88. The van der Waals surface area contributed by atoms with Gasteiger partial charge in [0.25, 0.3) is 0 Å². The van der Waals surface area contributed by atoms with Crippen LogP contribution in [0.2, 0.25) is 0 Å². The zero-order chi connectivity index (χ0) is 14.4. The maximum absolute atomic E-state index is 4.32. The van der Waals surface area contributed by atoms with Crippen LogP contribution in [0.3, 0.4) is 0 Å². The second-order valence-corrected chi connectivity index (χ2v) is 6.03.